The van der Waals surface area contributed by atoms with Crippen LogP contribution in [0.25, 0.3) is 11.4 Å². The van der Waals surface area contributed by atoms with E-state index >= 15 is 0 Å². The highest BCUT2D eigenvalue weighted by atomic mass is 16.6. The number of hydrogen-bond acceptors (Lipinski definition) is 7. The Morgan fingerprint density at radius 1 is 1.41 bits per heavy atom. The summed E-state index contributed by atoms with van der Waals surface area (Å²) in [4.78, 5) is 27.0. The molecule has 10 nitrogen and oxygen atoms in total. The number of hydrogen-bond donors (Lipinski definition) is 1. The van der Waals surface area contributed by atoms with Gasteiger partial charge in [0, 0.05) is 13.1 Å². The van der Waals surface area contributed by atoms with Crippen molar-refractivity contribution in [1.82, 2.24) is 20.0 Å². The van der Waals surface area contributed by atoms with E-state index in [-0.39, 0.29) is 17.5 Å². The predicted molar refractivity (Wildman–Crippen MR) is 97.1 cm³/mol. The molecule has 1 saturated carbocycles. The third kappa shape index (κ3) is 4.04. The van der Waals surface area contributed by atoms with E-state index in [0.717, 1.165) is 12.8 Å². The van der Waals surface area contributed by atoms with Gasteiger partial charge in [-0.3, -0.25) is 15.4 Å². The molecule has 0 radical (unpaired) electrons. The van der Waals surface area contributed by atoms with Gasteiger partial charge in [-0.2, -0.15) is 0 Å². The highest BCUT2D eigenvalue weighted by Crippen LogP contribution is 2.30. The number of anilines is 1. The number of amides is 1. The Morgan fingerprint density at radius 2 is 2.11 bits per heavy atom. The molecule has 1 amide bonds. The molecule has 0 unspecified atom stereocenters. The van der Waals surface area contributed by atoms with E-state index in [1.165, 1.54) is 29.7 Å². The van der Waals surface area contributed by atoms with E-state index in [9.17, 15) is 14.9 Å². The lowest BCUT2D eigenvalue weighted by Crippen LogP contribution is -2.26. The molecule has 1 aliphatic carbocycles. The van der Waals surface area contributed by atoms with Crippen LogP contribution < -0.4 is 5.32 Å². The maximum atomic E-state index is 12.3. The normalized spacial score (nSPS) is 15.5. The monoisotopic (exact) mass is 374 g/mol. The van der Waals surface area contributed by atoms with Crippen LogP contribution in [0.5, 0.6) is 0 Å². The Bertz CT molecular complexity index is 859. The predicted octanol–water partition coefficient (Wildman–Crippen LogP) is 3.22. The quantitative estimate of drug-likeness (QED) is 0.629. The molecule has 144 valence electrons. The van der Waals surface area contributed by atoms with Crippen LogP contribution in [0.3, 0.4) is 0 Å². The van der Waals surface area contributed by atoms with Crippen molar-refractivity contribution in [3.8, 4) is 11.4 Å². The molecule has 3 rings (SSSR count). The first-order valence-electron chi connectivity index (χ1n) is 8.86. The maximum Gasteiger partial charge on any atom is 0.413 e. The van der Waals surface area contributed by atoms with Crippen LogP contribution in [0, 0.1) is 23.0 Å². The van der Waals surface area contributed by atoms with E-state index in [2.05, 4.69) is 20.6 Å². The number of rotatable bonds is 5. The first-order chi connectivity index (χ1) is 12.9. The van der Waals surface area contributed by atoms with Gasteiger partial charge in [0.05, 0.1) is 10.6 Å². The summed E-state index contributed by atoms with van der Waals surface area (Å²) in [7, 11) is 1.63. The van der Waals surface area contributed by atoms with Gasteiger partial charge < -0.3 is 4.74 Å². The summed E-state index contributed by atoms with van der Waals surface area (Å²) in [5.41, 5.74) is 0.875. The van der Waals surface area contributed by atoms with Crippen LogP contribution in [0.2, 0.25) is 0 Å². The highest BCUT2D eigenvalue weighted by molar-refractivity contribution is 5.88. The summed E-state index contributed by atoms with van der Waals surface area (Å²) < 4.78 is 6.90. The molecular formula is C17H22N6O4. The molecule has 1 fully saturated rings. The number of aromatic nitrogens is 4. The molecule has 0 aliphatic heterocycles. The minimum Gasteiger partial charge on any atom is -0.446 e. The van der Waals surface area contributed by atoms with Crippen LogP contribution in [0.1, 0.15) is 38.3 Å². The van der Waals surface area contributed by atoms with Crippen molar-refractivity contribution < 1.29 is 14.5 Å². The molecule has 10 heteroatoms. The molecule has 2 heterocycles. The number of carbonyl (C=O) groups is 1. The zero-order valence-electron chi connectivity index (χ0n) is 15.5. The van der Waals surface area contributed by atoms with Gasteiger partial charge in [0.25, 0.3) is 5.69 Å². The fraction of sp³-hybridized carbons (Fsp3) is 0.529. The number of nitro groups is 1. The zero-order valence-corrected chi connectivity index (χ0v) is 15.5. The number of nitrogens with one attached hydrogen (secondary N) is 1. The molecule has 0 saturated heterocycles. The Morgan fingerprint density at radius 3 is 2.74 bits per heavy atom. The van der Waals surface area contributed by atoms with Crippen molar-refractivity contribution in [1.29, 1.82) is 0 Å². The molecule has 0 aromatic carbocycles. The fourth-order valence-electron chi connectivity index (χ4n) is 3.37. The summed E-state index contributed by atoms with van der Waals surface area (Å²) >= 11 is 0. The first kappa shape index (κ1) is 18.7. The summed E-state index contributed by atoms with van der Waals surface area (Å²) in [6.45, 7) is 3.45. The standard InChI is InChI=1S/C17H22N6O4/c1-10-14(23(25)26)9-8-13(18-10)15-16(22(3)21-20-15)19-17(24)27-11(2)12-6-4-5-7-12/h8-9,11-12H,4-7H2,1-3H3,(H,19,24)/t11-/m1/s1. The Balaban J connectivity index is 1.77. The number of nitrogens with zero attached hydrogens (tertiary/aromatic N) is 5. The summed E-state index contributed by atoms with van der Waals surface area (Å²) in [6.07, 6.45) is 3.72. The van der Waals surface area contributed by atoms with Crippen LogP contribution in [-0.2, 0) is 11.8 Å². The van der Waals surface area contributed by atoms with Gasteiger partial charge in [-0.1, -0.05) is 18.1 Å². The Labute approximate surface area is 156 Å². The largest absolute Gasteiger partial charge is 0.446 e. The molecule has 1 N–H and O–H groups in total. The summed E-state index contributed by atoms with van der Waals surface area (Å²) in [6, 6.07) is 2.84. The SMILES string of the molecule is Cc1nc(-c2nnn(C)c2NC(=O)O[C@H](C)C2CCCC2)ccc1[N+](=O)[O-]. The van der Waals surface area contributed by atoms with Gasteiger partial charge >= 0.3 is 6.09 Å². The number of ether oxygens (including phenoxy) is 1. The first-order valence-corrected chi connectivity index (χ1v) is 8.86. The van der Waals surface area contributed by atoms with E-state index in [0.29, 0.717) is 23.1 Å². The maximum absolute atomic E-state index is 12.3. The molecule has 27 heavy (non-hydrogen) atoms. The number of pyridine rings is 1. The van der Waals surface area contributed by atoms with Crippen molar-refractivity contribution in [3.05, 3.63) is 27.9 Å². The minimum atomic E-state index is -0.584. The number of carbonyl (C=O) groups excluding carboxylic acids is 1. The second-order valence-corrected chi connectivity index (χ2v) is 6.75. The Kier molecular flexibility index (Phi) is 5.33. The zero-order chi connectivity index (χ0) is 19.6. The molecule has 0 spiro atoms. The lowest BCUT2D eigenvalue weighted by molar-refractivity contribution is -0.385. The Hall–Kier alpha value is -3.04. The molecule has 2 aromatic heterocycles. The van der Waals surface area contributed by atoms with Gasteiger partial charge in [-0.25, -0.2) is 14.5 Å². The van der Waals surface area contributed by atoms with E-state index in [1.54, 1.807) is 14.0 Å². The van der Waals surface area contributed by atoms with E-state index in [4.69, 9.17) is 4.74 Å². The minimum absolute atomic E-state index is 0.0815. The van der Waals surface area contributed by atoms with Crippen molar-refractivity contribution in [3.63, 3.8) is 0 Å². The van der Waals surface area contributed by atoms with Gasteiger partial charge in [0.15, 0.2) is 11.5 Å². The third-order valence-electron chi connectivity index (χ3n) is 4.90. The van der Waals surface area contributed by atoms with Crippen molar-refractivity contribution in [2.75, 3.05) is 5.32 Å². The van der Waals surface area contributed by atoms with Gasteiger partial charge in [-0.15, -0.1) is 5.10 Å². The third-order valence-corrected chi connectivity index (χ3v) is 4.90. The van der Waals surface area contributed by atoms with E-state index in [1.807, 2.05) is 6.92 Å². The van der Waals surface area contributed by atoms with Crippen LogP contribution in [0.15, 0.2) is 12.1 Å². The molecule has 2 aromatic rings. The molecule has 1 atom stereocenters. The van der Waals surface area contributed by atoms with Crippen molar-refractivity contribution in [2.24, 2.45) is 13.0 Å². The lowest BCUT2D eigenvalue weighted by Gasteiger charge is -2.19. The lowest BCUT2D eigenvalue weighted by atomic mass is 10.0. The molecule has 0 bridgehead atoms. The average Bonchev–Trinajstić information content (AvgIpc) is 3.25. The fourth-order valence-corrected chi connectivity index (χ4v) is 3.37. The number of aryl methyl sites for hydroxylation is 2. The summed E-state index contributed by atoms with van der Waals surface area (Å²) in [5.74, 6) is 0.707. The van der Waals surface area contributed by atoms with Gasteiger partial charge in [-0.05, 0) is 38.7 Å². The second kappa shape index (κ2) is 7.68. The van der Waals surface area contributed by atoms with Crippen LogP contribution in [-0.4, -0.2) is 37.1 Å². The van der Waals surface area contributed by atoms with Gasteiger partial charge in [0.1, 0.15) is 11.8 Å². The van der Waals surface area contributed by atoms with Crippen molar-refractivity contribution >= 4 is 17.6 Å². The molecular weight excluding hydrogens is 352 g/mol. The smallest absolute Gasteiger partial charge is 0.413 e. The van der Waals surface area contributed by atoms with Gasteiger partial charge in [0.2, 0.25) is 0 Å². The average molecular weight is 374 g/mol. The van der Waals surface area contributed by atoms with E-state index < -0.39 is 11.0 Å². The van der Waals surface area contributed by atoms with Crippen LogP contribution in [0.4, 0.5) is 16.3 Å². The van der Waals surface area contributed by atoms with Crippen molar-refractivity contribution in [2.45, 2.75) is 45.6 Å². The highest BCUT2D eigenvalue weighted by Gasteiger charge is 2.26. The summed E-state index contributed by atoms with van der Waals surface area (Å²) in [5, 5.41) is 21.6. The molecule has 1 aliphatic rings. The second-order valence-electron chi connectivity index (χ2n) is 6.75. The van der Waals surface area contributed by atoms with Crippen LogP contribution >= 0.6 is 0 Å². The topological polar surface area (TPSA) is 125 Å².